The number of ketones is 1. The SMILES string of the molecule is O=C(NCc1ccccc1)C(=O)C(Cc1ccccc1)NC(=O)C1CCC(=O)N1Cc1ccccc1C(F)(F)F. The Morgan fingerprint density at radius 1 is 0.875 bits per heavy atom. The molecule has 0 radical (unpaired) electrons. The van der Waals surface area contributed by atoms with Gasteiger partial charge in [0.1, 0.15) is 12.1 Å². The lowest BCUT2D eigenvalue weighted by Gasteiger charge is -2.27. The predicted octanol–water partition coefficient (Wildman–Crippen LogP) is 3.81. The second kappa shape index (κ2) is 12.6. The molecule has 40 heavy (non-hydrogen) atoms. The molecular weight excluding hydrogens is 523 g/mol. The van der Waals surface area contributed by atoms with E-state index in [4.69, 9.17) is 0 Å². The Labute approximate surface area is 229 Å². The first-order valence-electron chi connectivity index (χ1n) is 12.8. The fraction of sp³-hybridized carbons (Fsp3) is 0.267. The van der Waals surface area contributed by atoms with Gasteiger partial charge in [-0.05, 0) is 29.2 Å². The number of hydrogen-bond acceptors (Lipinski definition) is 4. The van der Waals surface area contributed by atoms with Gasteiger partial charge in [0.2, 0.25) is 17.6 Å². The summed E-state index contributed by atoms with van der Waals surface area (Å²) in [6.45, 7) is -0.303. The zero-order valence-corrected chi connectivity index (χ0v) is 21.5. The van der Waals surface area contributed by atoms with Crippen molar-refractivity contribution < 1.29 is 32.3 Å². The van der Waals surface area contributed by atoms with Crippen LogP contribution in [0.3, 0.4) is 0 Å². The van der Waals surface area contributed by atoms with Gasteiger partial charge in [0.05, 0.1) is 5.56 Å². The summed E-state index contributed by atoms with van der Waals surface area (Å²) < 4.78 is 40.6. The number of rotatable bonds is 10. The molecular formula is C30H28F3N3O4. The molecule has 0 saturated carbocycles. The van der Waals surface area contributed by atoms with Crippen LogP contribution in [0.4, 0.5) is 13.2 Å². The van der Waals surface area contributed by atoms with Crippen molar-refractivity contribution in [3.05, 3.63) is 107 Å². The maximum atomic E-state index is 13.5. The van der Waals surface area contributed by atoms with E-state index in [2.05, 4.69) is 10.6 Å². The minimum Gasteiger partial charge on any atom is -0.345 e. The summed E-state index contributed by atoms with van der Waals surface area (Å²) in [5, 5.41) is 5.17. The number of carbonyl (C=O) groups is 4. The van der Waals surface area contributed by atoms with Crippen molar-refractivity contribution in [1.29, 1.82) is 0 Å². The molecule has 1 aliphatic heterocycles. The van der Waals surface area contributed by atoms with Gasteiger partial charge in [-0.15, -0.1) is 0 Å². The van der Waals surface area contributed by atoms with E-state index in [1.807, 2.05) is 6.07 Å². The van der Waals surface area contributed by atoms with Crippen molar-refractivity contribution >= 4 is 23.5 Å². The first-order valence-corrected chi connectivity index (χ1v) is 12.8. The molecule has 1 saturated heterocycles. The number of hydrogen-bond donors (Lipinski definition) is 2. The Balaban J connectivity index is 1.51. The van der Waals surface area contributed by atoms with E-state index in [0.29, 0.717) is 5.56 Å². The number of amides is 3. The van der Waals surface area contributed by atoms with E-state index < -0.39 is 53.9 Å². The van der Waals surface area contributed by atoms with Crippen molar-refractivity contribution in [3.8, 4) is 0 Å². The van der Waals surface area contributed by atoms with Gasteiger partial charge in [-0.2, -0.15) is 13.2 Å². The van der Waals surface area contributed by atoms with Crippen LogP contribution >= 0.6 is 0 Å². The Kier molecular flexibility index (Phi) is 8.98. The van der Waals surface area contributed by atoms with Crippen LogP contribution in [0.5, 0.6) is 0 Å². The third kappa shape index (κ3) is 7.13. The molecule has 2 N–H and O–H groups in total. The molecule has 3 aromatic carbocycles. The third-order valence-corrected chi connectivity index (χ3v) is 6.73. The number of alkyl halides is 3. The van der Waals surface area contributed by atoms with Crippen molar-refractivity contribution in [2.45, 2.75) is 50.6 Å². The van der Waals surface area contributed by atoms with Gasteiger partial charge < -0.3 is 15.5 Å². The zero-order chi connectivity index (χ0) is 28.7. The Morgan fingerprint density at radius 2 is 1.48 bits per heavy atom. The van der Waals surface area contributed by atoms with E-state index >= 15 is 0 Å². The summed E-state index contributed by atoms with van der Waals surface area (Å²) in [4.78, 5) is 53.0. The largest absolute Gasteiger partial charge is 0.416 e. The van der Waals surface area contributed by atoms with Crippen LogP contribution in [0.2, 0.25) is 0 Å². The summed E-state index contributed by atoms with van der Waals surface area (Å²) in [7, 11) is 0. The number of likely N-dealkylation sites (tertiary alicyclic amines) is 1. The first-order chi connectivity index (χ1) is 19.1. The van der Waals surface area contributed by atoms with E-state index in [0.717, 1.165) is 16.5 Å². The third-order valence-electron chi connectivity index (χ3n) is 6.73. The van der Waals surface area contributed by atoms with E-state index in [-0.39, 0.29) is 31.4 Å². The van der Waals surface area contributed by atoms with Crippen LogP contribution in [-0.2, 0) is 44.9 Å². The molecule has 0 aliphatic carbocycles. The van der Waals surface area contributed by atoms with Crippen LogP contribution in [0, 0.1) is 0 Å². The Hall–Kier alpha value is -4.47. The fourth-order valence-corrected chi connectivity index (χ4v) is 4.67. The molecule has 10 heteroatoms. The standard InChI is InChI=1S/C30H28F3N3O4/c31-30(32,33)23-14-8-7-13-22(23)19-36-25(15-16-26(36)37)28(39)35-24(17-20-9-3-1-4-10-20)27(38)29(40)34-18-21-11-5-2-6-12-21/h1-14,24-25H,15-19H2,(H,34,40)(H,35,39). The highest BCUT2D eigenvalue weighted by Crippen LogP contribution is 2.33. The normalized spacial score (nSPS) is 15.9. The summed E-state index contributed by atoms with van der Waals surface area (Å²) >= 11 is 0. The molecule has 1 aliphatic rings. The average Bonchev–Trinajstić information content (AvgIpc) is 3.31. The quantitative estimate of drug-likeness (QED) is 0.375. The molecule has 2 atom stereocenters. The Bertz CT molecular complexity index is 1360. The van der Waals surface area contributed by atoms with Gasteiger partial charge in [-0.1, -0.05) is 78.9 Å². The summed E-state index contributed by atoms with van der Waals surface area (Å²) in [5.74, 6) is -2.93. The fourth-order valence-electron chi connectivity index (χ4n) is 4.67. The number of halogens is 3. The Morgan fingerprint density at radius 3 is 2.12 bits per heavy atom. The molecule has 208 valence electrons. The van der Waals surface area contributed by atoms with Gasteiger partial charge in [0.15, 0.2) is 0 Å². The molecule has 4 rings (SSSR count). The molecule has 3 aromatic rings. The molecule has 3 amide bonds. The zero-order valence-electron chi connectivity index (χ0n) is 21.5. The highest BCUT2D eigenvalue weighted by Gasteiger charge is 2.40. The minimum absolute atomic E-state index is 0.0156. The van der Waals surface area contributed by atoms with Crippen molar-refractivity contribution in [3.63, 3.8) is 0 Å². The van der Waals surface area contributed by atoms with Gasteiger partial charge in [0.25, 0.3) is 5.91 Å². The molecule has 0 aromatic heterocycles. The number of benzene rings is 3. The maximum absolute atomic E-state index is 13.5. The summed E-state index contributed by atoms with van der Waals surface area (Å²) in [6.07, 6.45) is -4.56. The van der Waals surface area contributed by atoms with Crippen molar-refractivity contribution in [2.75, 3.05) is 0 Å². The number of Topliss-reactive ketones (excluding diaryl/α,β-unsaturated/α-hetero) is 1. The molecule has 1 heterocycles. The molecule has 7 nitrogen and oxygen atoms in total. The lowest BCUT2D eigenvalue weighted by molar-refractivity contribution is -0.142. The van der Waals surface area contributed by atoms with Crippen LogP contribution in [-0.4, -0.2) is 40.5 Å². The predicted molar refractivity (Wildman–Crippen MR) is 140 cm³/mol. The molecule has 1 fully saturated rings. The average molecular weight is 552 g/mol. The lowest BCUT2D eigenvalue weighted by Crippen LogP contribution is -2.53. The van der Waals surface area contributed by atoms with Crippen LogP contribution < -0.4 is 10.6 Å². The number of nitrogens with zero attached hydrogens (tertiary/aromatic N) is 1. The van der Waals surface area contributed by atoms with Gasteiger partial charge >= 0.3 is 6.18 Å². The summed E-state index contributed by atoms with van der Waals surface area (Å²) in [6, 6.07) is 20.3. The van der Waals surface area contributed by atoms with Crippen molar-refractivity contribution in [1.82, 2.24) is 15.5 Å². The second-order valence-corrected chi connectivity index (χ2v) is 9.51. The van der Waals surface area contributed by atoms with E-state index in [9.17, 15) is 32.3 Å². The van der Waals surface area contributed by atoms with Crippen LogP contribution in [0.1, 0.15) is 35.1 Å². The van der Waals surface area contributed by atoms with Crippen LogP contribution in [0.25, 0.3) is 0 Å². The van der Waals surface area contributed by atoms with E-state index in [1.54, 1.807) is 54.6 Å². The topological polar surface area (TPSA) is 95.6 Å². The minimum atomic E-state index is -4.63. The molecule has 2 unspecified atom stereocenters. The monoisotopic (exact) mass is 551 g/mol. The molecule has 0 spiro atoms. The number of carbonyl (C=O) groups excluding carboxylic acids is 4. The lowest BCUT2D eigenvalue weighted by atomic mass is 10.0. The smallest absolute Gasteiger partial charge is 0.345 e. The first kappa shape index (κ1) is 28.5. The maximum Gasteiger partial charge on any atom is 0.416 e. The van der Waals surface area contributed by atoms with Gasteiger partial charge in [0, 0.05) is 25.9 Å². The number of nitrogens with one attached hydrogen (secondary N) is 2. The molecule has 0 bridgehead atoms. The van der Waals surface area contributed by atoms with E-state index in [1.165, 1.54) is 18.2 Å². The summed E-state index contributed by atoms with van der Waals surface area (Å²) in [5.41, 5.74) is 0.448. The van der Waals surface area contributed by atoms with Gasteiger partial charge in [-0.25, -0.2) is 0 Å². The van der Waals surface area contributed by atoms with Crippen LogP contribution in [0.15, 0.2) is 84.9 Å². The highest BCUT2D eigenvalue weighted by molar-refractivity contribution is 6.38. The van der Waals surface area contributed by atoms with Crippen molar-refractivity contribution in [2.24, 2.45) is 0 Å². The second-order valence-electron chi connectivity index (χ2n) is 9.51. The highest BCUT2D eigenvalue weighted by atomic mass is 19.4. The van der Waals surface area contributed by atoms with Gasteiger partial charge in [-0.3, -0.25) is 19.2 Å².